The number of hydrogen-bond donors (Lipinski definition) is 2. The van der Waals surface area contributed by atoms with Crippen LogP contribution >= 0.6 is 11.8 Å². The van der Waals surface area contributed by atoms with Crippen molar-refractivity contribution < 1.29 is 4.74 Å². The van der Waals surface area contributed by atoms with Crippen molar-refractivity contribution in [3.8, 4) is 5.75 Å². The largest absolute Gasteiger partial charge is 0.489 e. The maximum Gasteiger partial charge on any atom is 0.191 e. The van der Waals surface area contributed by atoms with Gasteiger partial charge < -0.3 is 15.4 Å². The predicted octanol–water partition coefficient (Wildman–Crippen LogP) is 3.29. The topological polar surface area (TPSA) is 45.7 Å². The molecule has 1 fully saturated rings. The minimum absolute atomic E-state index is 0.0845. The lowest BCUT2D eigenvalue weighted by atomic mass is 9.95. The summed E-state index contributed by atoms with van der Waals surface area (Å²) in [7, 11) is 1.83. The monoisotopic (exact) mass is 335 g/mol. The lowest BCUT2D eigenvalue weighted by Gasteiger charge is -2.30. The molecule has 0 spiro atoms. The van der Waals surface area contributed by atoms with E-state index < -0.39 is 0 Å². The number of rotatable bonds is 6. The van der Waals surface area contributed by atoms with Crippen LogP contribution < -0.4 is 15.4 Å². The molecule has 23 heavy (non-hydrogen) atoms. The van der Waals surface area contributed by atoms with Crippen molar-refractivity contribution in [1.29, 1.82) is 0 Å². The van der Waals surface area contributed by atoms with E-state index in [-0.39, 0.29) is 6.10 Å². The normalized spacial score (nSPS) is 23.2. The van der Waals surface area contributed by atoms with Gasteiger partial charge in [0.1, 0.15) is 11.9 Å². The molecule has 0 bridgehead atoms. The zero-order valence-corrected chi connectivity index (χ0v) is 15.2. The van der Waals surface area contributed by atoms with Gasteiger partial charge in [0.25, 0.3) is 0 Å². The Kier molecular flexibility index (Phi) is 7.59. The van der Waals surface area contributed by atoms with Crippen molar-refractivity contribution in [3.63, 3.8) is 0 Å². The van der Waals surface area contributed by atoms with Gasteiger partial charge in [0, 0.05) is 18.3 Å². The van der Waals surface area contributed by atoms with E-state index in [1.54, 1.807) is 0 Å². The highest BCUT2D eigenvalue weighted by molar-refractivity contribution is 7.99. The zero-order chi connectivity index (χ0) is 16.5. The number of para-hydroxylation sites is 1. The first-order valence-electron chi connectivity index (χ1n) is 8.43. The number of benzene rings is 1. The molecule has 128 valence electrons. The van der Waals surface area contributed by atoms with Gasteiger partial charge in [-0.05, 0) is 44.6 Å². The Hall–Kier alpha value is -1.36. The van der Waals surface area contributed by atoms with Gasteiger partial charge in [-0.2, -0.15) is 11.8 Å². The van der Waals surface area contributed by atoms with Crippen LogP contribution in [0.3, 0.4) is 0 Å². The Morgan fingerprint density at radius 3 is 2.83 bits per heavy atom. The summed E-state index contributed by atoms with van der Waals surface area (Å²) in [4.78, 5) is 4.34. The van der Waals surface area contributed by atoms with E-state index in [2.05, 4.69) is 28.8 Å². The van der Waals surface area contributed by atoms with E-state index >= 15 is 0 Å². The third-order valence-electron chi connectivity index (χ3n) is 4.16. The molecular formula is C18H29N3OS. The first kappa shape index (κ1) is 18.0. The predicted molar refractivity (Wildman–Crippen MR) is 101 cm³/mol. The van der Waals surface area contributed by atoms with Crippen LogP contribution in [0.2, 0.25) is 0 Å². The van der Waals surface area contributed by atoms with Crippen LogP contribution in [-0.2, 0) is 0 Å². The van der Waals surface area contributed by atoms with Crippen molar-refractivity contribution in [2.75, 3.05) is 19.8 Å². The summed E-state index contributed by atoms with van der Waals surface area (Å²) in [6, 6.07) is 10.5. The minimum Gasteiger partial charge on any atom is -0.489 e. The summed E-state index contributed by atoms with van der Waals surface area (Å²) in [6.45, 7) is 2.80. The van der Waals surface area contributed by atoms with Gasteiger partial charge in [-0.3, -0.25) is 4.99 Å². The van der Waals surface area contributed by atoms with Crippen molar-refractivity contribution in [1.82, 2.24) is 10.6 Å². The number of hydrogen-bond acceptors (Lipinski definition) is 3. The van der Waals surface area contributed by atoms with Crippen LogP contribution in [0.15, 0.2) is 35.3 Å². The number of aliphatic imine (C=N–C) groups is 1. The second kappa shape index (κ2) is 9.71. The molecule has 0 aliphatic heterocycles. The molecule has 5 heteroatoms. The molecule has 1 aromatic carbocycles. The summed E-state index contributed by atoms with van der Waals surface area (Å²) in [5.74, 6) is 1.78. The molecule has 3 unspecified atom stereocenters. The second-order valence-corrected chi connectivity index (χ2v) is 7.20. The maximum absolute atomic E-state index is 5.89. The van der Waals surface area contributed by atoms with Crippen molar-refractivity contribution in [3.05, 3.63) is 30.3 Å². The molecule has 1 aliphatic carbocycles. The molecule has 0 saturated heterocycles. The molecule has 2 rings (SSSR count). The first-order chi connectivity index (χ1) is 11.2. The number of nitrogens with one attached hydrogen (secondary N) is 2. The van der Waals surface area contributed by atoms with Gasteiger partial charge in [0.15, 0.2) is 5.96 Å². The summed E-state index contributed by atoms with van der Waals surface area (Å²) < 4.78 is 5.89. The molecule has 1 aromatic rings. The fourth-order valence-corrected chi connectivity index (χ4v) is 3.72. The third kappa shape index (κ3) is 6.34. The molecule has 0 aromatic heterocycles. The number of guanidine groups is 1. The smallest absolute Gasteiger partial charge is 0.191 e. The Balaban J connectivity index is 1.74. The SMILES string of the molecule is CN=C(NCC(C)Oc1ccccc1)NC1CCCC(SC)C1. The van der Waals surface area contributed by atoms with Crippen LogP contribution in [0.25, 0.3) is 0 Å². The number of nitrogens with zero attached hydrogens (tertiary/aromatic N) is 1. The molecule has 2 N–H and O–H groups in total. The maximum atomic E-state index is 5.89. The van der Waals surface area contributed by atoms with E-state index in [0.29, 0.717) is 6.04 Å². The highest BCUT2D eigenvalue weighted by atomic mass is 32.2. The molecule has 0 radical (unpaired) electrons. The van der Waals surface area contributed by atoms with E-state index in [1.165, 1.54) is 25.7 Å². The first-order valence-corrected chi connectivity index (χ1v) is 9.71. The molecular weight excluding hydrogens is 306 g/mol. The Labute approximate surface area is 144 Å². The molecule has 1 saturated carbocycles. The quantitative estimate of drug-likeness (QED) is 0.618. The third-order valence-corrected chi connectivity index (χ3v) is 5.26. The summed E-state index contributed by atoms with van der Waals surface area (Å²) >= 11 is 1.98. The van der Waals surface area contributed by atoms with Gasteiger partial charge in [0.05, 0.1) is 6.54 Å². The average Bonchev–Trinajstić information content (AvgIpc) is 2.59. The lowest BCUT2D eigenvalue weighted by molar-refractivity contribution is 0.223. The Morgan fingerprint density at radius 1 is 1.35 bits per heavy atom. The molecule has 1 aliphatic rings. The standard InChI is InChI=1S/C18H29N3OS/c1-14(22-16-9-5-4-6-10-16)13-20-18(19-2)21-15-8-7-11-17(12-15)23-3/h4-6,9-10,14-15,17H,7-8,11-13H2,1-3H3,(H2,19,20,21). The molecule has 0 amide bonds. The molecule has 4 nitrogen and oxygen atoms in total. The van der Waals surface area contributed by atoms with E-state index in [1.807, 2.05) is 49.1 Å². The van der Waals surface area contributed by atoms with Crippen molar-refractivity contribution in [2.24, 2.45) is 4.99 Å². The molecule has 3 atom stereocenters. The second-order valence-electron chi connectivity index (χ2n) is 6.06. The Morgan fingerprint density at radius 2 is 2.13 bits per heavy atom. The van der Waals surface area contributed by atoms with Crippen LogP contribution in [0.5, 0.6) is 5.75 Å². The summed E-state index contributed by atoms with van der Waals surface area (Å²) in [5.41, 5.74) is 0. The van der Waals surface area contributed by atoms with E-state index in [0.717, 1.165) is 23.5 Å². The van der Waals surface area contributed by atoms with Crippen LogP contribution in [0, 0.1) is 0 Å². The average molecular weight is 336 g/mol. The Bertz CT molecular complexity index is 480. The van der Waals surface area contributed by atoms with Gasteiger partial charge in [0.2, 0.25) is 0 Å². The van der Waals surface area contributed by atoms with E-state index in [4.69, 9.17) is 4.74 Å². The fourth-order valence-electron chi connectivity index (χ4n) is 2.89. The van der Waals surface area contributed by atoms with Crippen LogP contribution in [0.1, 0.15) is 32.6 Å². The van der Waals surface area contributed by atoms with Gasteiger partial charge in [-0.25, -0.2) is 0 Å². The van der Waals surface area contributed by atoms with Gasteiger partial charge in [-0.15, -0.1) is 0 Å². The van der Waals surface area contributed by atoms with Crippen LogP contribution in [0.4, 0.5) is 0 Å². The van der Waals surface area contributed by atoms with Crippen molar-refractivity contribution in [2.45, 2.75) is 50.0 Å². The van der Waals surface area contributed by atoms with E-state index in [9.17, 15) is 0 Å². The number of ether oxygens (including phenoxy) is 1. The summed E-state index contributed by atoms with van der Waals surface area (Å²) in [5, 5.41) is 7.71. The molecule has 0 heterocycles. The van der Waals surface area contributed by atoms with Gasteiger partial charge >= 0.3 is 0 Å². The summed E-state index contributed by atoms with van der Waals surface area (Å²) in [6.07, 6.45) is 7.39. The fraction of sp³-hybridized carbons (Fsp3) is 0.611. The number of thioether (sulfide) groups is 1. The van der Waals surface area contributed by atoms with Crippen molar-refractivity contribution >= 4 is 17.7 Å². The zero-order valence-electron chi connectivity index (χ0n) is 14.4. The highest BCUT2D eigenvalue weighted by Gasteiger charge is 2.22. The van der Waals surface area contributed by atoms with Crippen LogP contribution in [-0.4, -0.2) is 43.2 Å². The lowest BCUT2D eigenvalue weighted by Crippen LogP contribution is -2.47. The highest BCUT2D eigenvalue weighted by Crippen LogP contribution is 2.26. The minimum atomic E-state index is 0.0845. The van der Waals surface area contributed by atoms with Gasteiger partial charge in [-0.1, -0.05) is 24.6 Å².